The molecule has 0 unspecified atom stereocenters. The lowest BCUT2D eigenvalue weighted by atomic mass is 10.3. The zero-order valence-corrected chi connectivity index (χ0v) is 13.0. The highest BCUT2D eigenvalue weighted by molar-refractivity contribution is 9.10. The fraction of sp³-hybridized carbons (Fsp3) is 0.133. The predicted octanol–water partition coefficient (Wildman–Crippen LogP) is 3.90. The number of para-hydroxylation sites is 1. The molecule has 0 spiro atoms. The van der Waals surface area contributed by atoms with Crippen molar-refractivity contribution in [1.29, 1.82) is 0 Å². The maximum absolute atomic E-state index is 11.9. The lowest BCUT2D eigenvalue weighted by Crippen LogP contribution is -2.17. The first kappa shape index (κ1) is 13.4. The van der Waals surface area contributed by atoms with Crippen molar-refractivity contribution in [1.82, 2.24) is 4.57 Å². The van der Waals surface area contributed by atoms with E-state index in [1.54, 1.807) is 4.57 Å². The quantitative estimate of drug-likeness (QED) is 0.715. The number of thiazole rings is 1. The lowest BCUT2D eigenvalue weighted by molar-refractivity contribution is 0.299. The normalized spacial score (nSPS) is 10.8. The Morgan fingerprint density at radius 2 is 1.85 bits per heavy atom. The van der Waals surface area contributed by atoms with Gasteiger partial charge in [-0.25, -0.2) is 0 Å². The van der Waals surface area contributed by atoms with Crippen molar-refractivity contribution in [3.05, 3.63) is 62.7 Å². The number of fused-ring (bicyclic) bond motifs is 1. The van der Waals surface area contributed by atoms with Crippen molar-refractivity contribution < 1.29 is 4.74 Å². The molecule has 0 saturated heterocycles. The van der Waals surface area contributed by atoms with Gasteiger partial charge in [0.05, 0.1) is 16.8 Å². The first-order valence-corrected chi connectivity index (χ1v) is 7.82. The van der Waals surface area contributed by atoms with E-state index >= 15 is 0 Å². The van der Waals surface area contributed by atoms with Gasteiger partial charge in [0.25, 0.3) is 0 Å². The van der Waals surface area contributed by atoms with Gasteiger partial charge in [-0.3, -0.25) is 9.36 Å². The maximum atomic E-state index is 11.9. The molecule has 0 bridgehead atoms. The van der Waals surface area contributed by atoms with Crippen LogP contribution < -0.4 is 9.61 Å². The van der Waals surface area contributed by atoms with Gasteiger partial charge in [-0.05, 0) is 36.4 Å². The minimum atomic E-state index is 0.0607. The second kappa shape index (κ2) is 5.81. The molecule has 102 valence electrons. The van der Waals surface area contributed by atoms with E-state index in [0.717, 1.165) is 20.4 Å². The fourth-order valence-corrected chi connectivity index (χ4v) is 3.19. The minimum absolute atomic E-state index is 0.0607. The summed E-state index contributed by atoms with van der Waals surface area (Å²) in [5, 5.41) is 0. The molecule has 0 atom stereocenters. The first-order chi connectivity index (χ1) is 9.74. The monoisotopic (exact) mass is 349 g/mol. The highest BCUT2D eigenvalue weighted by Gasteiger charge is 2.06. The van der Waals surface area contributed by atoms with Crippen molar-refractivity contribution >= 4 is 37.5 Å². The van der Waals surface area contributed by atoms with Crippen LogP contribution in [-0.2, 0) is 6.54 Å². The summed E-state index contributed by atoms with van der Waals surface area (Å²) < 4.78 is 9.46. The summed E-state index contributed by atoms with van der Waals surface area (Å²) in [5.74, 6) is 0.806. The molecule has 0 N–H and O–H groups in total. The van der Waals surface area contributed by atoms with Crippen LogP contribution in [0.2, 0.25) is 0 Å². The lowest BCUT2D eigenvalue weighted by Gasteiger charge is -2.07. The Kier molecular flexibility index (Phi) is 3.89. The molecule has 3 aromatic rings. The van der Waals surface area contributed by atoms with Gasteiger partial charge in [0.1, 0.15) is 12.4 Å². The van der Waals surface area contributed by atoms with Crippen molar-refractivity contribution in [2.45, 2.75) is 6.54 Å². The Labute approximate surface area is 128 Å². The molecule has 0 fully saturated rings. The predicted molar refractivity (Wildman–Crippen MR) is 85.7 cm³/mol. The van der Waals surface area contributed by atoms with Crippen molar-refractivity contribution in [2.75, 3.05) is 6.61 Å². The molecule has 1 aromatic heterocycles. The zero-order chi connectivity index (χ0) is 13.9. The zero-order valence-electron chi connectivity index (χ0n) is 10.6. The van der Waals surface area contributed by atoms with Crippen LogP contribution in [0.5, 0.6) is 5.75 Å². The van der Waals surface area contributed by atoms with Gasteiger partial charge < -0.3 is 4.74 Å². The molecule has 5 heteroatoms. The van der Waals surface area contributed by atoms with Crippen LogP contribution in [0.1, 0.15) is 0 Å². The number of benzene rings is 2. The third-order valence-corrected chi connectivity index (χ3v) is 4.46. The number of ether oxygens (including phenoxy) is 1. The van der Waals surface area contributed by atoms with Gasteiger partial charge in [0.2, 0.25) is 0 Å². The maximum Gasteiger partial charge on any atom is 0.308 e. The number of hydrogen-bond acceptors (Lipinski definition) is 3. The van der Waals surface area contributed by atoms with E-state index in [1.165, 1.54) is 11.3 Å². The van der Waals surface area contributed by atoms with Crippen LogP contribution in [0.25, 0.3) is 10.2 Å². The van der Waals surface area contributed by atoms with E-state index in [-0.39, 0.29) is 4.87 Å². The van der Waals surface area contributed by atoms with Crippen LogP contribution in [0.3, 0.4) is 0 Å². The summed E-state index contributed by atoms with van der Waals surface area (Å²) in [6.07, 6.45) is 0. The van der Waals surface area contributed by atoms with Crippen LogP contribution in [0.15, 0.2) is 57.8 Å². The highest BCUT2D eigenvalue weighted by Crippen LogP contribution is 2.18. The van der Waals surface area contributed by atoms with Gasteiger partial charge in [0, 0.05) is 4.47 Å². The molecule has 2 aromatic carbocycles. The Morgan fingerprint density at radius 1 is 1.10 bits per heavy atom. The smallest absolute Gasteiger partial charge is 0.308 e. The van der Waals surface area contributed by atoms with Crippen LogP contribution in [0.4, 0.5) is 0 Å². The molecule has 3 rings (SSSR count). The molecule has 1 heterocycles. The van der Waals surface area contributed by atoms with E-state index in [2.05, 4.69) is 15.9 Å². The molecule has 0 saturated carbocycles. The van der Waals surface area contributed by atoms with E-state index in [4.69, 9.17) is 4.74 Å². The molecule has 0 radical (unpaired) electrons. The average Bonchev–Trinajstić information content (AvgIpc) is 2.77. The molecular weight excluding hydrogens is 338 g/mol. The molecule has 3 nitrogen and oxygen atoms in total. The van der Waals surface area contributed by atoms with Crippen molar-refractivity contribution in [2.24, 2.45) is 0 Å². The van der Waals surface area contributed by atoms with E-state index in [1.807, 2.05) is 48.5 Å². The first-order valence-electron chi connectivity index (χ1n) is 6.21. The van der Waals surface area contributed by atoms with Crippen molar-refractivity contribution in [3.63, 3.8) is 0 Å². The van der Waals surface area contributed by atoms with Crippen molar-refractivity contribution in [3.8, 4) is 5.75 Å². The molecule has 0 aliphatic rings. The average molecular weight is 350 g/mol. The van der Waals surface area contributed by atoms with Crippen LogP contribution in [0, 0.1) is 0 Å². The highest BCUT2D eigenvalue weighted by atomic mass is 79.9. The molecule has 20 heavy (non-hydrogen) atoms. The van der Waals surface area contributed by atoms with Crippen LogP contribution in [-0.4, -0.2) is 11.2 Å². The molecule has 0 aliphatic carbocycles. The topological polar surface area (TPSA) is 31.2 Å². The second-order valence-corrected chi connectivity index (χ2v) is 6.20. The Balaban J connectivity index is 1.72. The SMILES string of the molecule is O=c1sc2ccccc2n1CCOc1ccc(Br)cc1. The summed E-state index contributed by atoms with van der Waals surface area (Å²) in [6.45, 7) is 1.03. The van der Waals surface area contributed by atoms with Gasteiger partial charge in [-0.15, -0.1) is 0 Å². The van der Waals surface area contributed by atoms with Gasteiger partial charge in [-0.1, -0.05) is 39.4 Å². The summed E-state index contributed by atoms with van der Waals surface area (Å²) in [4.78, 5) is 12.0. The summed E-state index contributed by atoms with van der Waals surface area (Å²) in [5.41, 5.74) is 0.974. The van der Waals surface area contributed by atoms with Gasteiger partial charge in [-0.2, -0.15) is 0 Å². The molecule has 0 amide bonds. The van der Waals surface area contributed by atoms with Crippen LogP contribution >= 0.6 is 27.3 Å². The summed E-state index contributed by atoms with van der Waals surface area (Å²) in [7, 11) is 0. The minimum Gasteiger partial charge on any atom is -0.492 e. The Hall–Kier alpha value is -1.59. The molecular formula is C15H12BrNO2S. The Bertz CT molecular complexity index is 776. The largest absolute Gasteiger partial charge is 0.492 e. The van der Waals surface area contributed by atoms with Gasteiger partial charge in [0.15, 0.2) is 0 Å². The van der Waals surface area contributed by atoms with E-state index in [9.17, 15) is 4.79 Å². The van der Waals surface area contributed by atoms with E-state index in [0.29, 0.717) is 13.2 Å². The van der Waals surface area contributed by atoms with Gasteiger partial charge >= 0.3 is 4.87 Å². The second-order valence-electron chi connectivity index (χ2n) is 4.29. The molecule has 0 aliphatic heterocycles. The number of aromatic nitrogens is 1. The Morgan fingerprint density at radius 3 is 2.65 bits per heavy atom. The summed E-state index contributed by atoms with van der Waals surface area (Å²) >= 11 is 4.65. The number of hydrogen-bond donors (Lipinski definition) is 0. The standard InChI is InChI=1S/C15H12BrNO2S/c16-11-5-7-12(8-6-11)19-10-9-17-13-3-1-2-4-14(13)20-15(17)18/h1-8H,9-10H2. The number of rotatable bonds is 4. The summed E-state index contributed by atoms with van der Waals surface area (Å²) in [6, 6.07) is 15.5. The fourth-order valence-electron chi connectivity index (χ4n) is 2.01. The third-order valence-electron chi connectivity index (χ3n) is 2.97. The number of halogens is 1. The number of nitrogens with zero attached hydrogens (tertiary/aromatic N) is 1. The van der Waals surface area contributed by atoms with E-state index < -0.39 is 0 Å². The third kappa shape index (κ3) is 2.78.